The van der Waals surface area contributed by atoms with Crippen molar-refractivity contribution >= 4 is 0 Å². The van der Waals surface area contributed by atoms with Gasteiger partial charge in [0.2, 0.25) is 0 Å². The first-order chi connectivity index (χ1) is 12.3. The van der Waals surface area contributed by atoms with Crippen LogP contribution in [0.25, 0.3) is 0 Å². The van der Waals surface area contributed by atoms with Crippen LogP contribution in [0.5, 0.6) is 11.5 Å². The Bertz CT molecular complexity index is 787. The molecule has 3 aromatic carbocycles. The van der Waals surface area contributed by atoms with E-state index in [0.29, 0.717) is 12.4 Å². The van der Waals surface area contributed by atoms with Crippen LogP contribution in [0.1, 0.15) is 16.7 Å². The van der Waals surface area contributed by atoms with Crippen molar-refractivity contribution in [3.8, 4) is 11.5 Å². The lowest BCUT2D eigenvalue weighted by molar-refractivity contribution is 0.302. The summed E-state index contributed by atoms with van der Waals surface area (Å²) in [5.74, 6) is 1.23. The molecular weight excluding hydrogens is 310 g/mol. The van der Waals surface area contributed by atoms with Crippen LogP contribution in [-0.4, -0.2) is 11.7 Å². The number of phenols is 1. The number of benzene rings is 3. The number of hydrogen-bond acceptors (Lipinski definition) is 3. The topological polar surface area (TPSA) is 41.5 Å². The van der Waals surface area contributed by atoms with Crippen LogP contribution in [-0.2, 0) is 19.6 Å². The van der Waals surface area contributed by atoms with E-state index in [4.69, 9.17) is 4.74 Å². The number of aromatic hydroxyl groups is 1. The van der Waals surface area contributed by atoms with Crippen molar-refractivity contribution in [2.24, 2.45) is 0 Å². The molecule has 0 bridgehead atoms. The van der Waals surface area contributed by atoms with Gasteiger partial charge in [0, 0.05) is 12.1 Å². The van der Waals surface area contributed by atoms with Crippen molar-refractivity contribution < 1.29 is 9.84 Å². The van der Waals surface area contributed by atoms with E-state index < -0.39 is 0 Å². The van der Waals surface area contributed by atoms with E-state index in [1.54, 1.807) is 12.1 Å². The molecule has 3 heteroatoms. The van der Waals surface area contributed by atoms with E-state index in [2.05, 4.69) is 23.5 Å². The Morgan fingerprint density at radius 3 is 2.40 bits per heavy atom. The van der Waals surface area contributed by atoms with Gasteiger partial charge in [0.25, 0.3) is 0 Å². The van der Waals surface area contributed by atoms with Gasteiger partial charge in [-0.25, -0.2) is 0 Å². The van der Waals surface area contributed by atoms with Gasteiger partial charge in [-0.15, -0.1) is 0 Å². The van der Waals surface area contributed by atoms with Gasteiger partial charge in [-0.3, -0.25) is 0 Å². The van der Waals surface area contributed by atoms with Gasteiger partial charge < -0.3 is 15.2 Å². The molecule has 0 fully saturated rings. The molecule has 0 radical (unpaired) electrons. The Labute approximate surface area is 148 Å². The molecule has 3 rings (SSSR count). The number of para-hydroxylation sites is 1. The third-order valence-corrected chi connectivity index (χ3v) is 4.03. The fourth-order valence-electron chi connectivity index (χ4n) is 2.69. The fourth-order valence-corrected chi connectivity index (χ4v) is 2.69. The first-order valence-corrected chi connectivity index (χ1v) is 8.54. The van der Waals surface area contributed by atoms with E-state index in [1.807, 2.05) is 48.5 Å². The summed E-state index contributed by atoms with van der Waals surface area (Å²) in [5.41, 5.74) is 3.43. The third-order valence-electron chi connectivity index (χ3n) is 4.03. The summed E-state index contributed by atoms with van der Waals surface area (Å²) >= 11 is 0. The molecule has 0 unspecified atom stereocenters. The summed E-state index contributed by atoms with van der Waals surface area (Å²) in [5, 5.41) is 12.9. The van der Waals surface area contributed by atoms with Crippen molar-refractivity contribution in [1.82, 2.24) is 5.32 Å². The van der Waals surface area contributed by atoms with Crippen molar-refractivity contribution in [2.75, 3.05) is 6.54 Å². The van der Waals surface area contributed by atoms with Gasteiger partial charge >= 0.3 is 0 Å². The molecule has 0 aliphatic rings. The molecule has 0 aromatic heterocycles. The molecule has 3 nitrogen and oxygen atoms in total. The fraction of sp³-hybridized carbons (Fsp3) is 0.182. The van der Waals surface area contributed by atoms with Gasteiger partial charge in [0.05, 0.1) is 0 Å². The Hall–Kier alpha value is -2.78. The minimum atomic E-state index is 0.317. The summed E-state index contributed by atoms with van der Waals surface area (Å²) in [6, 6.07) is 25.7. The summed E-state index contributed by atoms with van der Waals surface area (Å²) in [6.07, 6.45) is 0.876. The standard InChI is InChI=1S/C22H23NO2/c24-21-11-6-9-18(15-21)13-14-23-16-20-10-4-5-12-22(20)25-17-19-7-2-1-3-8-19/h1-12,15,23-24H,13-14,16-17H2. The molecule has 0 amide bonds. The van der Waals surface area contributed by atoms with Gasteiger partial charge in [-0.1, -0.05) is 60.7 Å². The second-order valence-corrected chi connectivity index (χ2v) is 5.98. The van der Waals surface area contributed by atoms with Crippen LogP contribution in [0, 0.1) is 0 Å². The van der Waals surface area contributed by atoms with Crippen LogP contribution in [0.3, 0.4) is 0 Å². The van der Waals surface area contributed by atoms with E-state index >= 15 is 0 Å². The molecule has 25 heavy (non-hydrogen) atoms. The van der Waals surface area contributed by atoms with Crippen molar-refractivity contribution in [2.45, 2.75) is 19.6 Å². The van der Waals surface area contributed by atoms with Crippen molar-refractivity contribution in [1.29, 1.82) is 0 Å². The Morgan fingerprint density at radius 2 is 1.56 bits per heavy atom. The Morgan fingerprint density at radius 1 is 0.800 bits per heavy atom. The van der Waals surface area contributed by atoms with E-state index in [0.717, 1.165) is 42.0 Å². The maximum atomic E-state index is 9.50. The quantitative estimate of drug-likeness (QED) is 0.604. The van der Waals surface area contributed by atoms with Crippen LogP contribution in [0.4, 0.5) is 0 Å². The zero-order valence-electron chi connectivity index (χ0n) is 14.2. The molecule has 0 heterocycles. The second-order valence-electron chi connectivity index (χ2n) is 5.98. The average molecular weight is 333 g/mol. The number of ether oxygens (including phenoxy) is 1. The number of phenolic OH excluding ortho intramolecular Hbond substituents is 1. The van der Waals surface area contributed by atoms with Crippen molar-refractivity contribution in [3.05, 3.63) is 95.6 Å². The smallest absolute Gasteiger partial charge is 0.124 e. The first-order valence-electron chi connectivity index (χ1n) is 8.54. The number of hydrogen-bond donors (Lipinski definition) is 2. The van der Waals surface area contributed by atoms with Gasteiger partial charge in [0.1, 0.15) is 18.1 Å². The Balaban J connectivity index is 1.50. The number of nitrogens with one attached hydrogen (secondary N) is 1. The molecule has 0 aliphatic heterocycles. The molecule has 0 saturated carbocycles. The van der Waals surface area contributed by atoms with Crippen LogP contribution in [0.2, 0.25) is 0 Å². The summed E-state index contributed by atoms with van der Waals surface area (Å²) in [7, 11) is 0. The largest absolute Gasteiger partial charge is 0.508 e. The zero-order valence-corrected chi connectivity index (χ0v) is 14.2. The molecule has 3 aromatic rings. The maximum Gasteiger partial charge on any atom is 0.124 e. The monoisotopic (exact) mass is 333 g/mol. The zero-order chi connectivity index (χ0) is 17.3. The highest BCUT2D eigenvalue weighted by atomic mass is 16.5. The van der Waals surface area contributed by atoms with Crippen LogP contribution < -0.4 is 10.1 Å². The normalized spacial score (nSPS) is 10.6. The molecule has 128 valence electrons. The minimum absolute atomic E-state index is 0.317. The third kappa shape index (κ3) is 5.37. The highest BCUT2D eigenvalue weighted by Crippen LogP contribution is 2.19. The van der Waals surface area contributed by atoms with E-state index in [1.165, 1.54) is 0 Å². The maximum absolute atomic E-state index is 9.50. The average Bonchev–Trinajstić information content (AvgIpc) is 2.65. The predicted molar refractivity (Wildman–Crippen MR) is 101 cm³/mol. The lowest BCUT2D eigenvalue weighted by Gasteiger charge is -2.12. The molecule has 0 aliphatic carbocycles. The number of rotatable bonds is 8. The highest BCUT2D eigenvalue weighted by molar-refractivity contribution is 5.33. The van der Waals surface area contributed by atoms with E-state index in [9.17, 15) is 5.11 Å². The van der Waals surface area contributed by atoms with Gasteiger partial charge in [-0.2, -0.15) is 0 Å². The summed E-state index contributed by atoms with van der Waals surface area (Å²) in [4.78, 5) is 0. The second kappa shape index (κ2) is 8.90. The molecule has 2 N–H and O–H groups in total. The van der Waals surface area contributed by atoms with Crippen molar-refractivity contribution in [3.63, 3.8) is 0 Å². The van der Waals surface area contributed by atoms with E-state index in [-0.39, 0.29) is 0 Å². The molecule has 0 saturated heterocycles. The van der Waals surface area contributed by atoms with Crippen LogP contribution >= 0.6 is 0 Å². The lowest BCUT2D eigenvalue weighted by atomic mass is 10.1. The summed E-state index contributed by atoms with van der Waals surface area (Å²) in [6.45, 7) is 2.17. The lowest BCUT2D eigenvalue weighted by Crippen LogP contribution is -2.17. The SMILES string of the molecule is Oc1cccc(CCNCc2ccccc2OCc2ccccc2)c1. The minimum Gasteiger partial charge on any atom is -0.508 e. The van der Waals surface area contributed by atoms with Crippen LogP contribution in [0.15, 0.2) is 78.9 Å². The first kappa shape index (κ1) is 17.1. The molecule has 0 atom stereocenters. The Kier molecular flexibility index (Phi) is 6.07. The predicted octanol–water partition coefficient (Wildman–Crippen LogP) is 4.30. The molecule has 0 spiro atoms. The highest BCUT2D eigenvalue weighted by Gasteiger charge is 2.03. The summed E-state index contributed by atoms with van der Waals surface area (Å²) < 4.78 is 5.98. The molecular formula is C22H23NO2. The van der Waals surface area contributed by atoms with Gasteiger partial charge in [-0.05, 0) is 42.3 Å². The van der Waals surface area contributed by atoms with Gasteiger partial charge in [0.15, 0.2) is 0 Å².